The van der Waals surface area contributed by atoms with Crippen LogP contribution in [0.2, 0.25) is 0 Å². The Morgan fingerprint density at radius 2 is 2.35 bits per heavy atom. The van der Waals surface area contributed by atoms with Crippen molar-refractivity contribution in [3.63, 3.8) is 0 Å². The van der Waals surface area contributed by atoms with E-state index in [0.717, 1.165) is 26.2 Å². The Balaban J connectivity index is 1.78. The van der Waals surface area contributed by atoms with Gasteiger partial charge in [0.2, 0.25) is 5.91 Å². The van der Waals surface area contributed by atoms with E-state index in [1.54, 1.807) is 11.3 Å². The van der Waals surface area contributed by atoms with E-state index in [1.807, 2.05) is 24.4 Å². The first kappa shape index (κ1) is 12.5. The van der Waals surface area contributed by atoms with Crippen LogP contribution < -0.4 is 10.6 Å². The highest BCUT2D eigenvalue weighted by Gasteiger charge is 2.22. The van der Waals surface area contributed by atoms with E-state index in [9.17, 15) is 4.79 Å². The summed E-state index contributed by atoms with van der Waals surface area (Å²) < 4.78 is 0. The third-order valence-electron chi connectivity index (χ3n) is 3.10. The second-order valence-corrected chi connectivity index (χ2v) is 5.29. The summed E-state index contributed by atoms with van der Waals surface area (Å²) in [7, 11) is 0. The maximum Gasteiger partial charge on any atom is 0.237 e. The summed E-state index contributed by atoms with van der Waals surface area (Å²) >= 11 is 1.67. The highest BCUT2D eigenvalue weighted by molar-refractivity contribution is 7.09. The topological polar surface area (TPSA) is 44.4 Å². The zero-order valence-corrected chi connectivity index (χ0v) is 10.9. The van der Waals surface area contributed by atoms with Gasteiger partial charge in [0.25, 0.3) is 0 Å². The minimum atomic E-state index is -0.0305. The smallest absolute Gasteiger partial charge is 0.237 e. The molecule has 1 fully saturated rings. The van der Waals surface area contributed by atoms with Crippen LogP contribution in [0.25, 0.3) is 0 Å². The molecule has 0 aromatic carbocycles. The highest BCUT2D eigenvalue weighted by atomic mass is 32.1. The zero-order chi connectivity index (χ0) is 12.1. The van der Waals surface area contributed by atoms with Crippen molar-refractivity contribution < 1.29 is 4.79 Å². The Morgan fingerprint density at radius 1 is 1.59 bits per heavy atom. The monoisotopic (exact) mass is 253 g/mol. The quantitative estimate of drug-likeness (QED) is 0.828. The molecule has 0 radical (unpaired) electrons. The average molecular weight is 253 g/mol. The van der Waals surface area contributed by atoms with Gasteiger partial charge >= 0.3 is 0 Å². The van der Waals surface area contributed by atoms with Crippen LogP contribution >= 0.6 is 11.3 Å². The first-order chi connectivity index (χ1) is 8.27. The normalized spacial score (nSPS) is 18.9. The van der Waals surface area contributed by atoms with Crippen molar-refractivity contribution in [1.82, 2.24) is 15.5 Å². The van der Waals surface area contributed by atoms with Gasteiger partial charge in [0.1, 0.15) is 0 Å². The van der Waals surface area contributed by atoms with Crippen LogP contribution in [-0.4, -0.2) is 43.0 Å². The van der Waals surface area contributed by atoms with Crippen molar-refractivity contribution in [1.29, 1.82) is 0 Å². The number of carbonyl (C=O) groups excluding carboxylic acids is 1. The summed E-state index contributed by atoms with van der Waals surface area (Å²) in [5.74, 6) is 0.125. The number of nitrogens with zero attached hydrogens (tertiary/aromatic N) is 1. The van der Waals surface area contributed by atoms with Crippen LogP contribution in [0.5, 0.6) is 0 Å². The van der Waals surface area contributed by atoms with Gasteiger partial charge in [-0.15, -0.1) is 11.3 Å². The Kier molecular flexibility index (Phi) is 4.53. The number of rotatable bonds is 4. The van der Waals surface area contributed by atoms with E-state index in [-0.39, 0.29) is 11.9 Å². The lowest BCUT2D eigenvalue weighted by Gasteiger charge is -2.31. The molecule has 17 heavy (non-hydrogen) atoms. The molecule has 1 amide bonds. The maximum atomic E-state index is 12.0. The highest BCUT2D eigenvalue weighted by Crippen LogP contribution is 2.08. The first-order valence-corrected chi connectivity index (χ1v) is 6.90. The van der Waals surface area contributed by atoms with Crippen LogP contribution in [0.4, 0.5) is 0 Å². The largest absolute Gasteiger partial charge is 0.350 e. The fourth-order valence-electron chi connectivity index (χ4n) is 1.97. The minimum Gasteiger partial charge on any atom is -0.350 e. The van der Waals surface area contributed by atoms with Gasteiger partial charge in [0.15, 0.2) is 0 Å². The number of carbonyl (C=O) groups is 1. The van der Waals surface area contributed by atoms with E-state index in [4.69, 9.17) is 0 Å². The van der Waals surface area contributed by atoms with Crippen LogP contribution in [-0.2, 0) is 11.3 Å². The van der Waals surface area contributed by atoms with Crippen molar-refractivity contribution in [2.45, 2.75) is 19.5 Å². The fourth-order valence-corrected chi connectivity index (χ4v) is 2.61. The Morgan fingerprint density at radius 3 is 3.00 bits per heavy atom. The molecule has 2 rings (SSSR count). The molecule has 1 aromatic heterocycles. The SMILES string of the molecule is CC(C(=O)NCc1cccs1)N1CCNCC1. The van der Waals surface area contributed by atoms with E-state index < -0.39 is 0 Å². The predicted octanol–water partition coefficient (Wildman–Crippen LogP) is 0.658. The summed E-state index contributed by atoms with van der Waals surface area (Å²) in [5.41, 5.74) is 0. The van der Waals surface area contributed by atoms with Crippen molar-refractivity contribution in [2.24, 2.45) is 0 Å². The molecule has 1 aliphatic rings. The minimum absolute atomic E-state index is 0.0305. The molecule has 4 nitrogen and oxygen atoms in total. The van der Waals surface area contributed by atoms with Gasteiger partial charge in [-0.1, -0.05) is 6.07 Å². The lowest BCUT2D eigenvalue weighted by atomic mass is 10.2. The van der Waals surface area contributed by atoms with Gasteiger partial charge in [0, 0.05) is 31.1 Å². The van der Waals surface area contributed by atoms with Crippen LogP contribution in [0.3, 0.4) is 0 Å². The second kappa shape index (κ2) is 6.14. The van der Waals surface area contributed by atoms with E-state index in [1.165, 1.54) is 4.88 Å². The molecular weight excluding hydrogens is 234 g/mol. The number of hydrogen-bond acceptors (Lipinski definition) is 4. The molecular formula is C12H19N3OS. The number of hydrogen-bond donors (Lipinski definition) is 2. The fraction of sp³-hybridized carbons (Fsp3) is 0.583. The average Bonchev–Trinajstić information content (AvgIpc) is 2.89. The van der Waals surface area contributed by atoms with Crippen LogP contribution in [0.1, 0.15) is 11.8 Å². The number of thiophene rings is 1. The number of piperazine rings is 1. The standard InChI is InChI=1S/C12H19N3OS/c1-10(15-6-4-13-5-7-15)12(16)14-9-11-3-2-8-17-11/h2-3,8,10,13H,4-7,9H2,1H3,(H,14,16). The van der Waals surface area contributed by atoms with E-state index in [0.29, 0.717) is 6.54 Å². The van der Waals surface area contributed by atoms with Gasteiger partial charge < -0.3 is 10.6 Å². The summed E-state index contributed by atoms with van der Waals surface area (Å²) in [6.07, 6.45) is 0. The summed E-state index contributed by atoms with van der Waals surface area (Å²) in [6.45, 7) is 6.48. The molecule has 1 aliphatic heterocycles. The Bertz CT molecular complexity index is 347. The van der Waals surface area contributed by atoms with Crippen LogP contribution in [0.15, 0.2) is 17.5 Å². The van der Waals surface area contributed by atoms with Gasteiger partial charge in [-0.05, 0) is 18.4 Å². The molecule has 2 N–H and O–H groups in total. The lowest BCUT2D eigenvalue weighted by molar-refractivity contribution is -0.126. The van der Waals surface area contributed by atoms with Gasteiger partial charge in [0.05, 0.1) is 12.6 Å². The Hall–Kier alpha value is -0.910. The molecule has 1 unspecified atom stereocenters. The van der Waals surface area contributed by atoms with Crippen molar-refractivity contribution in [3.05, 3.63) is 22.4 Å². The molecule has 0 bridgehead atoms. The van der Waals surface area contributed by atoms with Gasteiger partial charge in [-0.3, -0.25) is 9.69 Å². The predicted molar refractivity (Wildman–Crippen MR) is 70.1 cm³/mol. The molecule has 0 aliphatic carbocycles. The van der Waals surface area contributed by atoms with E-state index in [2.05, 4.69) is 15.5 Å². The first-order valence-electron chi connectivity index (χ1n) is 6.02. The van der Waals surface area contributed by atoms with Crippen molar-refractivity contribution >= 4 is 17.2 Å². The van der Waals surface area contributed by atoms with Crippen molar-refractivity contribution in [2.75, 3.05) is 26.2 Å². The molecule has 94 valence electrons. The van der Waals surface area contributed by atoms with Crippen LogP contribution in [0, 0.1) is 0 Å². The summed E-state index contributed by atoms with van der Waals surface area (Å²) in [4.78, 5) is 15.4. The number of amides is 1. The zero-order valence-electron chi connectivity index (χ0n) is 10.1. The van der Waals surface area contributed by atoms with Gasteiger partial charge in [-0.25, -0.2) is 0 Å². The molecule has 1 saturated heterocycles. The molecule has 5 heteroatoms. The third kappa shape index (κ3) is 3.52. The van der Waals surface area contributed by atoms with Gasteiger partial charge in [-0.2, -0.15) is 0 Å². The number of nitrogens with one attached hydrogen (secondary N) is 2. The third-order valence-corrected chi connectivity index (χ3v) is 3.97. The molecule has 1 atom stereocenters. The Labute approximate surface area is 106 Å². The summed E-state index contributed by atoms with van der Waals surface area (Å²) in [6, 6.07) is 4.02. The molecule has 2 heterocycles. The summed E-state index contributed by atoms with van der Waals surface area (Å²) in [5, 5.41) is 8.31. The second-order valence-electron chi connectivity index (χ2n) is 4.26. The molecule has 0 spiro atoms. The lowest BCUT2D eigenvalue weighted by Crippen LogP contribution is -2.52. The van der Waals surface area contributed by atoms with Crippen molar-refractivity contribution in [3.8, 4) is 0 Å². The van der Waals surface area contributed by atoms with E-state index >= 15 is 0 Å². The molecule has 1 aromatic rings. The maximum absolute atomic E-state index is 12.0. The molecule has 0 saturated carbocycles.